The van der Waals surface area contributed by atoms with Crippen molar-refractivity contribution < 1.29 is 4.74 Å². The van der Waals surface area contributed by atoms with Crippen LogP contribution in [-0.4, -0.2) is 19.3 Å². The third kappa shape index (κ3) is 3.62. The Kier molecular flexibility index (Phi) is 6.06. The molecule has 0 radical (unpaired) electrons. The number of hydrogen-bond donors (Lipinski definition) is 1. The summed E-state index contributed by atoms with van der Waals surface area (Å²) in [5, 5.41) is 3.61. The summed E-state index contributed by atoms with van der Waals surface area (Å²) in [6.07, 6.45) is 5.41. The first-order valence-electron chi connectivity index (χ1n) is 8.24. The Labute approximate surface area is 123 Å². The molecule has 0 spiro atoms. The zero-order valence-corrected chi connectivity index (χ0v) is 13.2. The molecule has 1 aromatic rings. The third-order valence-corrected chi connectivity index (χ3v) is 4.43. The van der Waals surface area contributed by atoms with Crippen LogP contribution >= 0.6 is 0 Å². The van der Waals surface area contributed by atoms with Crippen LogP contribution in [0.25, 0.3) is 0 Å². The van der Waals surface area contributed by atoms with Gasteiger partial charge in [0.1, 0.15) is 0 Å². The predicted molar refractivity (Wildman–Crippen MR) is 85.2 cm³/mol. The smallest absolute Gasteiger partial charge is 0.0766 e. The summed E-state index contributed by atoms with van der Waals surface area (Å²) in [6.45, 7) is 8.21. The number of hydrogen-bond acceptors (Lipinski definition) is 2. The molecular weight excluding hydrogens is 246 g/mol. The van der Waals surface area contributed by atoms with E-state index in [0.29, 0.717) is 6.04 Å². The van der Waals surface area contributed by atoms with E-state index in [1.54, 1.807) is 0 Å². The maximum Gasteiger partial charge on any atom is 0.0766 e. The van der Waals surface area contributed by atoms with E-state index in [4.69, 9.17) is 4.74 Å². The lowest BCUT2D eigenvalue weighted by atomic mass is 9.79. The minimum atomic E-state index is 0.261. The molecule has 2 nitrogen and oxygen atoms in total. The molecule has 1 aliphatic rings. The van der Waals surface area contributed by atoms with Gasteiger partial charge in [-0.3, -0.25) is 0 Å². The third-order valence-electron chi connectivity index (χ3n) is 4.43. The Morgan fingerprint density at radius 1 is 1.25 bits per heavy atom. The highest BCUT2D eigenvalue weighted by atomic mass is 16.5. The molecule has 1 saturated carbocycles. The SMILES string of the molecule is CCNC(c1cccc(C2CCC2)c1)C(CC)OCC. The van der Waals surface area contributed by atoms with Gasteiger partial charge in [0, 0.05) is 6.61 Å². The van der Waals surface area contributed by atoms with Gasteiger partial charge in [-0.2, -0.15) is 0 Å². The molecule has 1 aromatic carbocycles. The number of rotatable bonds is 8. The average molecular weight is 275 g/mol. The minimum absolute atomic E-state index is 0.261. The fourth-order valence-electron chi connectivity index (χ4n) is 3.10. The zero-order chi connectivity index (χ0) is 14.4. The number of ether oxygens (including phenoxy) is 1. The van der Waals surface area contributed by atoms with Crippen LogP contribution in [0.1, 0.15) is 69.5 Å². The molecule has 112 valence electrons. The van der Waals surface area contributed by atoms with Gasteiger partial charge in [-0.05, 0) is 49.8 Å². The van der Waals surface area contributed by atoms with Gasteiger partial charge >= 0.3 is 0 Å². The summed E-state index contributed by atoms with van der Waals surface area (Å²) in [6, 6.07) is 9.46. The second-order valence-corrected chi connectivity index (χ2v) is 5.74. The van der Waals surface area contributed by atoms with E-state index in [1.807, 2.05) is 0 Å². The van der Waals surface area contributed by atoms with Crippen molar-refractivity contribution in [2.75, 3.05) is 13.2 Å². The molecule has 2 atom stereocenters. The summed E-state index contributed by atoms with van der Waals surface area (Å²) in [5.41, 5.74) is 2.90. The van der Waals surface area contributed by atoms with E-state index in [0.717, 1.165) is 25.5 Å². The first-order valence-corrected chi connectivity index (χ1v) is 8.24. The van der Waals surface area contributed by atoms with Gasteiger partial charge in [-0.25, -0.2) is 0 Å². The lowest BCUT2D eigenvalue weighted by Gasteiger charge is -2.30. The summed E-state index contributed by atoms with van der Waals surface area (Å²) >= 11 is 0. The maximum atomic E-state index is 5.94. The molecule has 2 unspecified atom stereocenters. The van der Waals surface area contributed by atoms with Gasteiger partial charge in [0.05, 0.1) is 12.1 Å². The number of nitrogens with one attached hydrogen (secondary N) is 1. The summed E-state index contributed by atoms with van der Waals surface area (Å²) in [5.74, 6) is 0.796. The fraction of sp³-hybridized carbons (Fsp3) is 0.667. The molecule has 0 aliphatic heterocycles. The van der Waals surface area contributed by atoms with Crippen LogP contribution in [0.15, 0.2) is 24.3 Å². The van der Waals surface area contributed by atoms with Crippen LogP contribution in [0.2, 0.25) is 0 Å². The van der Waals surface area contributed by atoms with Crippen molar-refractivity contribution in [1.82, 2.24) is 5.32 Å². The van der Waals surface area contributed by atoms with Gasteiger partial charge in [-0.1, -0.05) is 44.5 Å². The van der Waals surface area contributed by atoms with Crippen LogP contribution in [-0.2, 0) is 4.74 Å². The Morgan fingerprint density at radius 2 is 2.05 bits per heavy atom. The van der Waals surface area contributed by atoms with Crippen molar-refractivity contribution >= 4 is 0 Å². The normalized spacial score (nSPS) is 18.6. The second-order valence-electron chi connectivity index (χ2n) is 5.74. The zero-order valence-electron chi connectivity index (χ0n) is 13.2. The molecule has 2 rings (SSSR count). The molecule has 1 aliphatic carbocycles. The predicted octanol–water partition coefficient (Wildman–Crippen LogP) is 4.42. The summed E-state index contributed by atoms with van der Waals surface area (Å²) < 4.78 is 5.94. The summed E-state index contributed by atoms with van der Waals surface area (Å²) in [7, 11) is 0. The lowest BCUT2D eigenvalue weighted by Crippen LogP contribution is -2.33. The molecule has 2 heteroatoms. The molecule has 0 amide bonds. The van der Waals surface area contributed by atoms with Gasteiger partial charge in [0.25, 0.3) is 0 Å². The molecule has 0 heterocycles. The molecule has 0 aromatic heterocycles. The van der Waals surface area contributed by atoms with Crippen LogP contribution in [0.5, 0.6) is 0 Å². The van der Waals surface area contributed by atoms with Crippen LogP contribution in [0.3, 0.4) is 0 Å². The number of benzene rings is 1. The van der Waals surface area contributed by atoms with E-state index in [9.17, 15) is 0 Å². The maximum absolute atomic E-state index is 5.94. The largest absolute Gasteiger partial charge is 0.377 e. The van der Waals surface area contributed by atoms with Gasteiger partial charge < -0.3 is 10.1 Å². The second kappa shape index (κ2) is 7.80. The topological polar surface area (TPSA) is 21.3 Å². The summed E-state index contributed by atoms with van der Waals surface area (Å²) in [4.78, 5) is 0. The Balaban J connectivity index is 2.18. The Hall–Kier alpha value is -0.860. The Morgan fingerprint density at radius 3 is 2.60 bits per heavy atom. The highest BCUT2D eigenvalue weighted by Gasteiger charge is 2.24. The molecule has 20 heavy (non-hydrogen) atoms. The van der Waals surface area contributed by atoms with Gasteiger partial charge in [-0.15, -0.1) is 0 Å². The van der Waals surface area contributed by atoms with Crippen molar-refractivity contribution in [3.8, 4) is 0 Å². The quantitative estimate of drug-likeness (QED) is 0.758. The van der Waals surface area contributed by atoms with E-state index < -0.39 is 0 Å². The van der Waals surface area contributed by atoms with E-state index in [2.05, 4.69) is 50.4 Å². The van der Waals surface area contributed by atoms with E-state index >= 15 is 0 Å². The molecular formula is C18H29NO. The first kappa shape index (κ1) is 15.5. The fourth-order valence-corrected chi connectivity index (χ4v) is 3.10. The lowest BCUT2D eigenvalue weighted by molar-refractivity contribution is 0.0318. The van der Waals surface area contributed by atoms with E-state index in [-0.39, 0.29) is 6.10 Å². The van der Waals surface area contributed by atoms with Crippen molar-refractivity contribution in [3.63, 3.8) is 0 Å². The standard InChI is InChI=1S/C18H29NO/c1-4-17(20-6-3)18(19-5-2)16-12-8-11-15(13-16)14-9-7-10-14/h8,11-14,17-19H,4-7,9-10H2,1-3H3. The monoisotopic (exact) mass is 275 g/mol. The highest BCUT2D eigenvalue weighted by Crippen LogP contribution is 2.37. The van der Waals surface area contributed by atoms with Crippen molar-refractivity contribution in [3.05, 3.63) is 35.4 Å². The van der Waals surface area contributed by atoms with E-state index in [1.165, 1.54) is 30.4 Å². The van der Waals surface area contributed by atoms with Crippen molar-refractivity contribution in [1.29, 1.82) is 0 Å². The van der Waals surface area contributed by atoms with Gasteiger partial charge in [0.15, 0.2) is 0 Å². The molecule has 1 fully saturated rings. The average Bonchev–Trinajstić information content (AvgIpc) is 2.41. The molecule has 0 saturated heterocycles. The minimum Gasteiger partial charge on any atom is -0.377 e. The number of likely N-dealkylation sites (N-methyl/N-ethyl adjacent to an activating group) is 1. The van der Waals surface area contributed by atoms with Crippen LogP contribution in [0, 0.1) is 0 Å². The first-order chi connectivity index (χ1) is 9.80. The molecule has 1 N–H and O–H groups in total. The van der Waals surface area contributed by atoms with Gasteiger partial charge in [0.2, 0.25) is 0 Å². The molecule has 0 bridgehead atoms. The highest BCUT2D eigenvalue weighted by molar-refractivity contribution is 5.30. The van der Waals surface area contributed by atoms with Crippen LogP contribution in [0.4, 0.5) is 0 Å². The van der Waals surface area contributed by atoms with Crippen molar-refractivity contribution in [2.45, 2.75) is 64.5 Å². The van der Waals surface area contributed by atoms with Crippen LogP contribution < -0.4 is 5.32 Å². The van der Waals surface area contributed by atoms with Crippen molar-refractivity contribution in [2.24, 2.45) is 0 Å². The Bertz CT molecular complexity index is 400.